The molecule has 0 aliphatic carbocycles. The molecule has 26 heavy (non-hydrogen) atoms. The monoisotopic (exact) mass is 349 g/mol. The van der Waals surface area contributed by atoms with Crippen molar-refractivity contribution in [3.63, 3.8) is 0 Å². The van der Waals surface area contributed by atoms with Crippen molar-refractivity contribution < 1.29 is 13.9 Å². The van der Waals surface area contributed by atoms with Gasteiger partial charge in [-0.15, -0.1) is 0 Å². The van der Waals surface area contributed by atoms with Crippen LogP contribution in [-0.2, 0) is 4.74 Å². The lowest BCUT2D eigenvalue weighted by Gasteiger charge is -2.11. The fourth-order valence-corrected chi connectivity index (χ4v) is 2.73. The topological polar surface area (TPSA) is 81.0 Å². The van der Waals surface area contributed by atoms with Gasteiger partial charge in [0.1, 0.15) is 11.9 Å². The summed E-state index contributed by atoms with van der Waals surface area (Å²) < 4.78 is 20.2. The highest BCUT2D eigenvalue weighted by Crippen LogP contribution is 2.28. The molecule has 0 saturated heterocycles. The van der Waals surface area contributed by atoms with Crippen LogP contribution < -0.4 is 5.73 Å². The third-order valence-corrected chi connectivity index (χ3v) is 4.17. The summed E-state index contributed by atoms with van der Waals surface area (Å²) in [5.41, 5.74) is 8.88. The first-order valence-electron chi connectivity index (χ1n) is 7.82. The van der Waals surface area contributed by atoms with Crippen LogP contribution in [0.25, 0.3) is 16.8 Å². The van der Waals surface area contributed by atoms with E-state index in [1.165, 1.54) is 23.9 Å². The van der Waals surface area contributed by atoms with Gasteiger partial charge in [0.25, 0.3) is 0 Å². The first-order valence-corrected chi connectivity index (χ1v) is 7.82. The minimum Gasteiger partial charge on any atom is -0.464 e. The Hall–Kier alpha value is -3.59. The Morgan fingerprint density at radius 2 is 1.96 bits per heavy atom. The van der Waals surface area contributed by atoms with Crippen molar-refractivity contribution in [3.05, 3.63) is 71.3 Å². The third kappa shape index (κ3) is 2.91. The highest BCUT2D eigenvalue weighted by Gasteiger charge is 2.21. The zero-order valence-electron chi connectivity index (χ0n) is 14.3. The molecular formula is C20H16FN3O2. The average Bonchev–Trinajstić information content (AvgIpc) is 3.00. The molecule has 0 amide bonds. The lowest BCUT2D eigenvalue weighted by atomic mass is 10.0. The molecule has 0 atom stereocenters. The predicted molar refractivity (Wildman–Crippen MR) is 96.4 cm³/mol. The standard InChI is InChI=1S/C20H16FN3O2/c1-12-6-7-14(9-17(12)21)13-4-3-5-16(8-13)24-11-15(10-22)18(23)19(24)20(25)26-2/h3-9,11H,23H2,1-2H3. The van der Waals surface area contributed by atoms with Crippen LogP contribution in [0.3, 0.4) is 0 Å². The van der Waals surface area contributed by atoms with Gasteiger partial charge in [-0.05, 0) is 41.8 Å². The summed E-state index contributed by atoms with van der Waals surface area (Å²) in [5.74, 6) is -0.934. The molecule has 6 heteroatoms. The summed E-state index contributed by atoms with van der Waals surface area (Å²) in [4.78, 5) is 12.1. The van der Waals surface area contributed by atoms with Gasteiger partial charge in [-0.2, -0.15) is 5.26 Å². The quantitative estimate of drug-likeness (QED) is 0.729. The fraction of sp³-hybridized carbons (Fsp3) is 0.100. The predicted octanol–water partition coefficient (Wildman–Crippen LogP) is 3.83. The highest BCUT2D eigenvalue weighted by atomic mass is 19.1. The van der Waals surface area contributed by atoms with Crippen LogP contribution in [0.15, 0.2) is 48.7 Å². The fourth-order valence-electron chi connectivity index (χ4n) is 2.73. The molecule has 1 heterocycles. The molecule has 3 aromatic rings. The Kier molecular flexibility index (Phi) is 4.46. The van der Waals surface area contributed by atoms with Gasteiger partial charge >= 0.3 is 5.97 Å². The van der Waals surface area contributed by atoms with Gasteiger partial charge in [0.05, 0.1) is 18.4 Å². The molecule has 3 rings (SSSR count). The molecule has 0 radical (unpaired) electrons. The van der Waals surface area contributed by atoms with Crippen LogP contribution in [-0.4, -0.2) is 17.6 Å². The molecule has 5 nitrogen and oxygen atoms in total. The zero-order valence-corrected chi connectivity index (χ0v) is 14.3. The molecular weight excluding hydrogens is 333 g/mol. The number of aromatic nitrogens is 1. The van der Waals surface area contributed by atoms with Crippen LogP contribution in [0.4, 0.5) is 10.1 Å². The molecule has 2 aromatic carbocycles. The highest BCUT2D eigenvalue weighted by molar-refractivity contribution is 5.96. The van der Waals surface area contributed by atoms with Gasteiger partial charge in [-0.3, -0.25) is 0 Å². The van der Waals surface area contributed by atoms with Crippen LogP contribution in [0.1, 0.15) is 21.6 Å². The molecule has 0 aliphatic rings. The van der Waals surface area contributed by atoms with E-state index in [0.29, 0.717) is 16.8 Å². The maximum absolute atomic E-state index is 13.9. The number of anilines is 1. The largest absolute Gasteiger partial charge is 0.464 e. The SMILES string of the molecule is COC(=O)c1c(N)c(C#N)cn1-c1cccc(-c2ccc(C)c(F)c2)c1. The molecule has 2 N–H and O–H groups in total. The number of halogens is 1. The van der Waals surface area contributed by atoms with E-state index in [1.807, 2.05) is 18.2 Å². The molecule has 0 aliphatic heterocycles. The number of aryl methyl sites for hydroxylation is 1. The summed E-state index contributed by atoms with van der Waals surface area (Å²) in [7, 11) is 1.25. The Morgan fingerprint density at radius 3 is 2.62 bits per heavy atom. The summed E-state index contributed by atoms with van der Waals surface area (Å²) in [5, 5.41) is 9.21. The molecule has 0 bridgehead atoms. The van der Waals surface area contributed by atoms with Gasteiger partial charge in [0, 0.05) is 11.9 Å². The smallest absolute Gasteiger partial charge is 0.357 e. The van der Waals surface area contributed by atoms with Crippen LogP contribution in [0, 0.1) is 24.1 Å². The van der Waals surface area contributed by atoms with Gasteiger partial charge in [0.15, 0.2) is 5.69 Å². The summed E-state index contributed by atoms with van der Waals surface area (Å²) in [6.07, 6.45) is 1.48. The molecule has 0 fully saturated rings. The second-order valence-corrected chi connectivity index (χ2v) is 5.79. The van der Waals surface area contributed by atoms with Crippen LogP contribution in [0.5, 0.6) is 0 Å². The van der Waals surface area contributed by atoms with Crippen molar-refractivity contribution in [3.8, 4) is 22.9 Å². The Labute approximate surface area is 150 Å². The zero-order chi connectivity index (χ0) is 18.8. The number of benzene rings is 2. The van der Waals surface area contributed by atoms with E-state index in [-0.39, 0.29) is 22.8 Å². The second-order valence-electron chi connectivity index (χ2n) is 5.79. The Balaban J connectivity index is 2.16. The summed E-state index contributed by atoms with van der Waals surface area (Å²) >= 11 is 0. The van der Waals surface area contributed by atoms with Crippen LogP contribution >= 0.6 is 0 Å². The second kappa shape index (κ2) is 6.73. The van der Waals surface area contributed by atoms with Crippen LogP contribution in [0.2, 0.25) is 0 Å². The lowest BCUT2D eigenvalue weighted by molar-refractivity contribution is 0.0593. The van der Waals surface area contributed by atoms with Crippen molar-refractivity contribution in [2.24, 2.45) is 0 Å². The van der Waals surface area contributed by atoms with Crippen molar-refractivity contribution in [2.75, 3.05) is 12.8 Å². The number of hydrogen-bond acceptors (Lipinski definition) is 4. The van der Waals surface area contributed by atoms with Crippen molar-refractivity contribution in [2.45, 2.75) is 6.92 Å². The maximum Gasteiger partial charge on any atom is 0.357 e. The van der Waals surface area contributed by atoms with Gasteiger partial charge < -0.3 is 15.0 Å². The number of nitrogen functional groups attached to an aromatic ring is 1. The van der Waals surface area contributed by atoms with E-state index in [9.17, 15) is 14.4 Å². The van der Waals surface area contributed by atoms with Crippen molar-refractivity contribution >= 4 is 11.7 Å². The first-order chi connectivity index (χ1) is 12.5. The normalized spacial score (nSPS) is 10.4. The number of nitrogens with zero attached hydrogens (tertiary/aromatic N) is 2. The number of nitrogens with two attached hydrogens (primary N) is 1. The minimum atomic E-state index is -0.643. The Morgan fingerprint density at radius 1 is 1.23 bits per heavy atom. The average molecular weight is 349 g/mol. The van der Waals surface area contributed by atoms with E-state index in [1.54, 1.807) is 31.2 Å². The number of ether oxygens (including phenoxy) is 1. The number of rotatable bonds is 3. The summed E-state index contributed by atoms with van der Waals surface area (Å²) in [6.45, 7) is 1.70. The van der Waals surface area contributed by atoms with Crippen molar-refractivity contribution in [1.29, 1.82) is 5.26 Å². The summed E-state index contributed by atoms with van der Waals surface area (Å²) in [6, 6.07) is 14.1. The van der Waals surface area contributed by atoms with E-state index in [0.717, 1.165) is 5.56 Å². The number of hydrogen-bond donors (Lipinski definition) is 1. The number of nitriles is 1. The minimum absolute atomic E-state index is 0.0612. The molecule has 0 spiro atoms. The van der Waals surface area contributed by atoms with E-state index >= 15 is 0 Å². The van der Waals surface area contributed by atoms with E-state index < -0.39 is 5.97 Å². The van der Waals surface area contributed by atoms with Gasteiger partial charge in [-0.1, -0.05) is 24.3 Å². The van der Waals surface area contributed by atoms with E-state index in [2.05, 4.69) is 0 Å². The Bertz CT molecular complexity index is 1050. The first kappa shape index (κ1) is 17.2. The lowest BCUT2D eigenvalue weighted by Crippen LogP contribution is -2.11. The number of esters is 1. The van der Waals surface area contributed by atoms with Gasteiger partial charge in [-0.25, -0.2) is 9.18 Å². The molecule has 0 unspecified atom stereocenters. The molecule has 130 valence electrons. The van der Waals surface area contributed by atoms with Gasteiger partial charge in [0.2, 0.25) is 0 Å². The number of methoxy groups -OCH3 is 1. The number of carbonyl (C=O) groups excluding carboxylic acids is 1. The maximum atomic E-state index is 13.9. The molecule has 0 saturated carbocycles. The third-order valence-electron chi connectivity index (χ3n) is 4.17. The number of carbonyl (C=O) groups is 1. The molecule has 1 aromatic heterocycles. The van der Waals surface area contributed by atoms with E-state index in [4.69, 9.17) is 10.5 Å². The van der Waals surface area contributed by atoms with Crippen molar-refractivity contribution in [1.82, 2.24) is 4.57 Å².